The first kappa shape index (κ1) is 21.7. The molecule has 7 rings (SSSR count). The van der Waals surface area contributed by atoms with Crippen LogP contribution in [0.15, 0.2) is 103 Å². The molecule has 0 N–H and O–H groups in total. The third-order valence-electron chi connectivity index (χ3n) is 9.47. The molecule has 1 saturated carbocycles. The second-order valence-corrected chi connectivity index (χ2v) is 11.6. The number of fused-ring (bicyclic) bond motifs is 5. The Morgan fingerprint density at radius 3 is 2.06 bits per heavy atom. The Morgan fingerprint density at radius 2 is 1.36 bits per heavy atom. The summed E-state index contributed by atoms with van der Waals surface area (Å²) in [6, 6.07) is 38.4. The van der Waals surface area contributed by atoms with Gasteiger partial charge in [0.05, 0.1) is 5.54 Å². The molecule has 0 amide bonds. The molecule has 0 saturated heterocycles. The summed E-state index contributed by atoms with van der Waals surface area (Å²) in [5.74, 6) is 0.727. The van der Waals surface area contributed by atoms with Crippen molar-refractivity contribution in [3.8, 4) is 11.1 Å². The van der Waals surface area contributed by atoms with Gasteiger partial charge < -0.3 is 4.90 Å². The molecule has 1 aliphatic heterocycles. The molecule has 5 aromatic carbocycles. The fraction of sp³-hybridized carbons (Fsp3) is 0.257. The highest BCUT2D eigenvalue weighted by Crippen LogP contribution is 2.62. The van der Waals surface area contributed by atoms with E-state index in [-0.39, 0.29) is 11.0 Å². The Balaban J connectivity index is 1.51. The molecule has 1 heterocycles. The molecule has 0 radical (unpaired) electrons. The summed E-state index contributed by atoms with van der Waals surface area (Å²) in [5, 5.41) is 5.28. The van der Waals surface area contributed by atoms with E-state index in [1.54, 1.807) is 0 Å². The first-order chi connectivity index (χ1) is 17.5. The topological polar surface area (TPSA) is 3.24 Å². The highest BCUT2D eigenvalue weighted by Gasteiger charge is 2.58. The molecule has 1 heteroatoms. The smallest absolute Gasteiger partial charge is 0.0520 e. The van der Waals surface area contributed by atoms with E-state index in [0.29, 0.717) is 0 Å². The molecule has 2 aliphatic rings. The highest BCUT2D eigenvalue weighted by molar-refractivity contribution is 6.12. The summed E-state index contributed by atoms with van der Waals surface area (Å²) in [4.78, 5) is 2.67. The van der Waals surface area contributed by atoms with Crippen LogP contribution in [0.3, 0.4) is 0 Å². The van der Waals surface area contributed by atoms with Crippen molar-refractivity contribution in [2.75, 3.05) is 4.90 Å². The van der Waals surface area contributed by atoms with E-state index in [4.69, 9.17) is 0 Å². The molecule has 0 aromatic heterocycles. The summed E-state index contributed by atoms with van der Waals surface area (Å²) in [5.41, 5.74) is 7.04. The molecule has 3 unspecified atom stereocenters. The van der Waals surface area contributed by atoms with Crippen molar-refractivity contribution in [1.29, 1.82) is 0 Å². The maximum absolute atomic E-state index is 2.67. The monoisotopic (exact) mass is 467 g/mol. The van der Waals surface area contributed by atoms with Gasteiger partial charge in [-0.2, -0.15) is 0 Å². The summed E-state index contributed by atoms with van der Waals surface area (Å²) in [6.45, 7) is 7.49. The summed E-state index contributed by atoms with van der Waals surface area (Å²) in [6.07, 6.45) is 3.72. The molecule has 1 nitrogen and oxygen atoms in total. The standard InChI is InChI=1S/C35H33N/c1-24-19-20-34(2)31-22-27(17-18-32(31)36(35(34,3)23-24)28-13-5-4-6-14-28)33-29-15-9-7-11-25(29)21-26-12-8-10-16-30(26)33/h4-18,21-22,24H,19-20,23H2,1-3H3. The Kier molecular flexibility index (Phi) is 4.64. The lowest BCUT2D eigenvalue weighted by atomic mass is 9.59. The molecule has 0 spiro atoms. The van der Waals surface area contributed by atoms with Crippen LogP contribution in [-0.2, 0) is 5.41 Å². The van der Waals surface area contributed by atoms with Gasteiger partial charge in [0, 0.05) is 16.8 Å². The summed E-state index contributed by atoms with van der Waals surface area (Å²) < 4.78 is 0. The maximum Gasteiger partial charge on any atom is 0.0520 e. The van der Waals surface area contributed by atoms with Crippen LogP contribution in [-0.4, -0.2) is 5.54 Å². The fourth-order valence-electron chi connectivity index (χ4n) is 7.49. The van der Waals surface area contributed by atoms with Crippen molar-refractivity contribution >= 4 is 32.9 Å². The lowest BCUT2D eigenvalue weighted by Gasteiger charge is -2.52. The van der Waals surface area contributed by atoms with E-state index >= 15 is 0 Å². The van der Waals surface area contributed by atoms with Gasteiger partial charge in [0.2, 0.25) is 0 Å². The van der Waals surface area contributed by atoms with E-state index in [1.807, 2.05) is 0 Å². The van der Waals surface area contributed by atoms with Gasteiger partial charge in [-0.25, -0.2) is 0 Å². The number of anilines is 2. The molecule has 0 bridgehead atoms. The predicted octanol–water partition coefficient (Wildman–Crippen LogP) is 9.65. The first-order valence-corrected chi connectivity index (χ1v) is 13.4. The van der Waals surface area contributed by atoms with Crippen LogP contribution in [0.4, 0.5) is 11.4 Å². The zero-order valence-corrected chi connectivity index (χ0v) is 21.5. The first-order valence-electron chi connectivity index (χ1n) is 13.4. The zero-order chi connectivity index (χ0) is 24.5. The van der Waals surface area contributed by atoms with E-state index in [9.17, 15) is 0 Å². The van der Waals surface area contributed by atoms with Crippen LogP contribution in [0.25, 0.3) is 32.7 Å². The maximum atomic E-state index is 2.67. The van der Waals surface area contributed by atoms with Crippen LogP contribution in [0, 0.1) is 5.92 Å². The van der Waals surface area contributed by atoms with Gasteiger partial charge in [-0.15, -0.1) is 0 Å². The molecule has 1 fully saturated rings. The van der Waals surface area contributed by atoms with Crippen molar-refractivity contribution in [2.24, 2.45) is 5.92 Å². The number of hydrogen-bond acceptors (Lipinski definition) is 1. The minimum atomic E-state index is 0.0494. The quantitative estimate of drug-likeness (QED) is 0.234. The lowest BCUT2D eigenvalue weighted by Crippen LogP contribution is -2.56. The molecular weight excluding hydrogens is 434 g/mol. The molecular formula is C35H33N. The van der Waals surface area contributed by atoms with Crippen LogP contribution < -0.4 is 4.90 Å². The van der Waals surface area contributed by atoms with E-state index in [2.05, 4.69) is 129 Å². The predicted molar refractivity (Wildman–Crippen MR) is 154 cm³/mol. The van der Waals surface area contributed by atoms with Crippen LogP contribution >= 0.6 is 0 Å². The Morgan fingerprint density at radius 1 is 0.722 bits per heavy atom. The normalized spacial score (nSPS) is 25.2. The third kappa shape index (κ3) is 2.89. The van der Waals surface area contributed by atoms with Crippen molar-refractivity contribution in [1.82, 2.24) is 0 Å². The molecule has 36 heavy (non-hydrogen) atoms. The summed E-state index contributed by atoms with van der Waals surface area (Å²) in [7, 11) is 0. The number of benzene rings is 5. The van der Waals surface area contributed by atoms with Crippen molar-refractivity contribution in [2.45, 2.75) is 51.0 Å². The van der Waals surface area contributed by atoms with E-state index in [0.717, 1.165) is 5.92 Å². The van der Waals surface area contributed by atoms with Crippen LogP contribution in [0.1, 0.15) is 45.6 Å². The minimum Gasteiger partial charge on any atom is -0.334 e. The average Bonchev–Trinajstić information content (AvgIpc) is 3.10. The van der Waals surface area contributed by atoms with E-state index in [1.165, 1.54) is 68.9 Å². The Hall–Kier alpha value is -3.58. The SMILES string of the molecule is CC1CCC2(C)c3cc(-c4c5ccccc5cc5ccccc45)ccc3N(c3ccccc3)C2(C)C1. The van der Waals surface area contributed by atoms with Crippen LogP contribution in [0.2, 0.25) is 0 Å². The molecule has 1 aliphatic carbocycles. The number of para-hydroxylation sites is 1. The van der Waals surface area contributed by atoms with Crippen molar-refractivity contribution in [3.05, 3.63) is 109 Å². The van der Waals surface area contributed by atoms with Gasteiger partial charge in [-0.05, 0) is 101 Å². The molecule has 3 atom stereocenters. The lowest BCUT2D eigenvalue weighted by molar-refractivity contribution is 0.154. The second-order valence-electron chi connectivity index (χ2n) is 11.6. The summed E-state index contributed by atoms with van der Waals surface area (Å²) >= 11 is 0. The second kappa shape index (κ2) is 7.71. The van der Waals surface area contributed by atoms with Gasteiger partial charge in [0.25, 0.3) is 0 Å². The van der Waals surface area contributed by atoms with Gasteiger partial charge in [-0.1, -0.05) is 86.6 Å². The van der Waals surface area contributed by atoms with Crippen molar-refractivity contribution < 1.29 is 0 Å². The Bertz CT molecular complexity index is 1560. The van der Waals surface area contributed by atoms with Crippen LogP contribution in [0.5, 0.6) is 0 Å². The van der Waals surface area contributed by atoms with Gasteiger partial charge in [0.1, 0.15) is 0 Å². The third-order valence-corrected chi connectivity index (χ3v) is 9.47. The molecule has 178 valence electrons. The largest absolute Gasteiger partial charge is 0.334 e. The number of hydrogen-bond donors (Lipinski definition) is 0. The Labute approximate surface area is 214 Å². The van der Waals surface area contributed by atoms with E-state index < -0.39 is 0 Å². The fourth-order valence-corrected chi connectivity index (χ4v) is 7.49. The van der Waals surface area contributed by atoms with Crippen molar-refractivity contribution in [3.63, 3.8) is 0 Å². The average molecular weight is 468 g/mol. The van der Waals surface area contributed by atoms with Gasteiger partial charge in [-0.3, -0.25) is 0 Å². The number of nitrogens with zero attached hydrogens (tertiary/aromatic N) is 1. The minimum absolute atomic E-state index is 0.0494. The number of rotatable bonds is 2. The zero-order valence-electron chi connectivity index (χ0n) is 21.5. The molecule has 5 aromatic rings. The van der Waals surface area contributed by atoms with Gasteiger partial charge >= 0.3 is 0 Å². The highest BCUT2D eigenvalue weighted by atomic mass is 15.3. The van der Waals surface area contributed by atoms with Gasteiger partial charge in [0.15, 0.2) is 0 Å².